The van der Waals surface area contributed by atoms with Crippen LogP contribution in [0.2, 0.25) is 5.02 Å². The zero-order chi connectivity index (χ0) is 12.2. The molecule has 0 atom stereocenters. The number of hydrogen-bond donors (Lipinski definition) is 2. The van der Waals surface area contributed by atoms with Crippen molar-refractivity contribution in [2.75, 3.05) is 11.9 Å². The van der Waals surface area contributed by atoms with Gasteiger partial charge in [-0.3, -0.25) is 0 Å². The second kappa shape index (κ2) is 5.51. The number of aromatic nitrogens is 1. The molecule has 0 aliphatic rings. The van der Waals surface area contributed by atoms with Gasteiger partial charge in [0.05, 0.1) is 5.02 Å². The molecule has 4 heteroatoms. The maximum Gasteiger partial charge on any atom is 0.126 e. The Morgan fingerprint density at radius 2 is 2.06 bits per heavy atom. The molecule has 0 saturated heterocycles. The Morgan fingerprint density at radius 1 is 1.38 bits per heavy atom. The quantitative estimate of drug-likeness (QED) is 0.851. The molecular weight excluding hydrogens is 222 g/mol. The van der Waals surface area contributed by atoms with Gasteiger partial charge in [0.25, 0.3) is 0 Å². The molecule has 16 heavy (non-hydrogen) atoms. The second-order valence-electron chi connectivity index (χ2n) is 4.82. The molecule has 0 unspecified atom stereocenters. The molecule has 0 spiro atoms. The molecule has 0 amide bonds. The summed E-state index contributed by atoms with van der Waals surface area (Å²) < 4.78 is 0. The first-order valence-corrected chi connectivity index (χ1v) is 5.93. The third-order valence-corrected chi connectivity index (χ3v) is 2.34. The van der Waals surface area contributed by atoms with Crippen LogP contribution in [0.25, 0.3) is 0 Å². The van der Waals surface area contributed by atoms with Crippen molar-refractivity contribution >= 4 is 17.4 Å². The third-order valence-electron chi connectivity index (χ3n) is 2.00. The molecule has 1 aromatic heterocycles. The van der Waals surface area contributed by atoms with E-state index in [1.165, 1.54) is 0 Å². The molecule has 0 aliphatic carbocycles. The van der Waals surface area contributed by atoms with Crippen LogP contribution < -0.4 is 10.6 Å². The van der Waals surface area contributed by atoms with Crippen molar-refractivity contribution in [1.82, 2.24) is 10.3 Å². The normalized spacial score (nSPS) is 11.6. The molecule has 2 N–H and O–H groups in total. The summed E-state index contributed by atoms with van der Waals surface area (Å²) in [5, 5.41) is 7.29. The lowest BCUT2D eigenvalue weighted by atomic mass is 10.1. The Balaban J connectivity index is 2.81. The van der Waals surface area contributed by atoms with Crippen molar-refractivity contribution in [3.8, 4) is 0 Å². The number of nitrogens with zero attached hydrogens (tertiary/aromatic N) is 1. The SMILES string of the molecule is CCNCc1cc(NC(C)(C)C)ncc1Cl. The summed E-state index contributed by atoms with van der Waals surface area (Å²) in [7, 11) is 0. The average molecular weight is 242 g/mol. The van der Waals surface area contributed by atoms with Gasteiger partial charge in [0.15, 0.2) is 0 Å². The van der Waals surface area contributed by atoms with Crippen LogP contribution in [-0.4, -0.2) is 17.1 Å². The van der Waals surface area contributed by atoms with E-state index < -0.39 is 0 Å². The standard InChI is InChI=1S/C12H20ClN3/c1-5-14-7-9-6-11(15-8-10(9)13)16-12(2,3)4/h6,8,14H,5,7H2,1-4H3,(H,15,16). The fraction of sp³-hybridized carbons (Fsp3) is 0.583. The topological polar surface area (TPSA) is 37.0 Å². The van der Waals surface area contributed by atoms with E-state index in [0.717, 1.165) is 24.5 Å². The number of hydrogen-bond acceptors (Lipinski definition) is 3. The van der Waals surface area contributed by atoms with E-state index >= 15 is 0 Å². The van der Waals surface area contributed by atoms with Gasteiger partial charge in [-0.15, -0.1) is 0 Å². The van der Waals surface area contributed by atoms with E-state index in [2.05, 4.69) is 43.3 Å². The molecule has 1 heterocycles. The number of rotatable bonds is 4. The van der Waals surface area contributed by atoms with Gasteiger partial charge in [-0.1, -0.05) is 18.5 Å². The van der Waals surface area contributed by atoms with Crippen LogP contribution in [0.4, 0.5) is 5.82 Å². The molecule has 0 aliphatic heterocycles. The van der Waals surface area contributed by atoms with Crippen molar-refractivity contribution in [2.24, 2.45) is 0 Å². The summed E-state index contributed by atoms with van der Waals surface area (Å²) in [6.45, 7) is 10.1. The number of pyridine rings is 1. The monoisotopic (exact) mass is 241 g/mol. The van der Waals surface area contributed by atoms with Gasteiger partial charge in [-0.25, -0.2) is 4.98 Å². The van der Waals surface area contributed by atoms with E-state index in [1.54, 1.807) is 6.20 Å². The lowest BCUT2D eigenvalue weighted by Gasteiger charge is -2.21. The minimum Gasteiger partial charge on any atom is -0.365 e. The van der Waals surface area contributed by atoms with E-state index in [4.69, 9.17) is 11.6 Å². The summed E-state index contributed by atoms with van der Waals surface area (Å²) in [6.07, 6.45) is 1.70. The van der Waals surface area contributed by atoms with Gasteiger partial charge in [-0.05, 0) is 38.9 Å². The highest BCUT2D eigenvalue weighted by atomic mass is 35.5. The fourth-order valence-electron chi connectivity index (χ4n) is 1.33. The zero-order valence-corrected chi connectivity index (χ0v) is 11.2. The lowest BCUT2D eigenvalue weighted by molar-refractivity contribution is 0.630. The molecule has 0 radical (unpaired) electrons. The predicted octanol–water partition coefficient (Wildman–Crippen LogP) is 3.05. The maximum atomic E-state index is 6.07. The van der Waals surface area contributed by atoms with Crippen LogP contribution >= 0.6 is 11.6 Å². The number of anilines is 1. The smallest absolute Gasteiger partial charge is 0.126 e. The van der Waals surface area contributed by atoms with Gasteiger partial charge in [-0.2, -0.15) is 0 Å². The van der Waals surface area contributed by atoms with Gasteiger partial charge < -0.3 is 10.6 Å². The molecule has 3 nitrogen and oxygen atoms in total. The van der Waals surface area contributed by atoms with E-state index in [9.17, 15) is 0 Å². The maximum absolute atomic E-state index is 6.07. The molecule has 0 bridgehead atoms. The van der Waals surface area contributed by atoms with Crippen LogP contribution in [0.3, 0.4) is 0 Å². The zero-order valence-electron chi connectivity index (χ0n) is 10.4. The molecule has 90 valence electrons. The first kappa shape index (κ1) is 13.3. The lowest BCUT2D eigenvalue weighted by Crippen LogP contribution is -2.26. The third kappa shape index (κ3) is 4.37. The summed E-state index contributed by atoms with van der Waals surface area (Å²) in [6, 6.07) is 2.00. The van der Waals surface area contributed by atoms with Crippen molar-refractivity contribution in [3.05, 3.63) is 22.8 Å². The van der Waals surface area contributed by atoms with Gasteiger partial charge in [0.1, 0.15) is 5.82 Å². The Hall–Kier alpha value is -0.800. The number of halogens is 1. The average Bonchev–Trinajstić information content (AvgIpc) is 2.17. The Labute approximate surface area is 103 Å². The Bertz CT molecular complexity index is 345. The first-order valence-electron chi connectivity index (χ1n) is 5.55. The second-order valence-corrected chi connectivity index (χ2v) is 5.22. The van der Waals surface area contributed by atoms with E-state index in [1.807, 2.05) is 6.07 Å². The highest BCUT2D eigenvalue weighted by Gasteiger charge is 2.11. The fourth-order valence-corrected chi connectivity index (χ4v) is 1.50. The molecule has 1 aromatic rings. The Morgan fingerprint density at radius 3 is 2.62 bits per heavy atom. The van der Waals surface area contributed by atoms with Crippen LogP contribution in [0.15, 0.2) is 12.3 Å². The summed E-state index contributed by atoms with van der Waals surface area (Å²) in [5.74, 6) is 0.866. The molecule has 0 fully saturated rings. The summed E-state index contributed by atoms with van der Waals surface area (Å²) in [5.41, 5.74) is 1.08. The van der Waals surface area contributed by atoms with Crippen LogP contribution in [0, 0.1) is 0 Å². The van der Waals surface area contributed by atoms with Crippen LogP contribution in [0.1, 0.15) is 33.3 Å². The summed E-state index contributed by atoms with van der Waals surface area (Å²) in [4.78, 5) is 4.26. The minimum atomic E-state index is 0.0102. The van der Waals surface area contributed by atoms with Gasteiger partial charge >= 0.3 is 0 Å². The highest BCUT2D eigenvalue weighted by Crippen LogP contribution is 2.20. The molecule has 0 aromatic carbocycles. The van der Waals surface area contributed by atoms with Crippen molar-refractivity contribution in [3.63, 3.8) is 0 Å². The first-order chi connectivity index (χ1) is 7.42. The molecule has 1 rings (SSSR count). The van der Waals surface area contributed by atoms with Gasteiger partial charge in [0, 0.05) is 18.3 Å². The van der Waals surface area contributed by atoms with E-state index in [0.29, 0.717) is 5.02 Å². The predicted molar refractivity (Wildman–Crippen MR) is 70.0 cm³/mol. The largest absolute Gasteiger partial charge is 0.365 e. The molecular formula is C12H20ClN3. The van der Waals surface area contributed by atoms with Gasteiger partial charge in [0.2, 0.25) is 0 Å². The molecule has 0 saturated carbocycles. The van der Waals surface area contributed by atoms with Crippen molar-refractivity contribution in [2.45, 2.75) is 39.8 Å². The number of nitrogens with one attached hydrogen (secondary N) is 2. The minimum absolute atomic E-state index is 0.0102. The Kier molecular flexibility index (Phi) is 4.56. The van der Waals surface area contributed by atoms with E-state index in [-0.39, 0.29) is 5.54 Å². The van der Waals surface area contributed by atoms with Crippen molar-refractivity contribution < 1.29 is 0 Å². The van der Waals surface area contributed by atoms with Crippen molar-refractivity contribution in [1.29, 1.82) is 0 Å². The van der Waals surface area contributed by atoms with Crippen LogP contribution in [-0.2, 0) is 6.54 Å². The van der Waals surface area contributed by atoms with Crippen LogP contribution in [0.5, 0.6) is 0 Å². The highest BCUT2D eigenvalue weighted by molar-refractivity contribution is 6.31. The summed E-state index contributed by atoms with van der Waals surface area (Å²) >= 11 is 6.07.